The van der Waals surface area contributed by atoms with Crippen molar-refractivity contribution < 1.29 is 9.53 Å². The molecule has 0 radical (unpaired) electrons. The second-order valence-electron chi connectivity index (χ2n) is 4.40. The van der Waals surface area contributed by atoms with Gasteiger partial charge in [0, 0.05) is 27.2 Å². The zero-order chi connectivity index (χ0) is 13.0. The molecule has 2 amide bonds. The van der Waals surface area contributed by atoms with Crippen molar-refractivity contribution in [3.05, 3.63) is 11.9 Å². The minimum absolute atomic E-state index is 0.00730. The highest BCUT2D eigenvalue weighted by Gasteiger charge is 2.23. The highest BCUT2D eigenvalue weighted by atomic mass is 16.5. The summed E-state index contributed by atoms with van der Waals surface area (Å²) in [6.07, 6.45) is 3.73. The summed E-state index contributed by atoms with van der Waals surface area (Å²) in [5.41, 5.74) is 0.839. The van der Waals surface area contributed by atoms with Crippen LogP contribution in [0.1, 0.15) is 24.6 Å². The van der Waals surface area contributed by atoms with Crippen molar-refractivity contribution in [2.75, 3.05) is 27.2 Å². The van der Waals surface area contributed by atoms with Crippen molar-refractivity contribution in [2.24, 2.45) is 0 Å². The van der Waals surface area contributed by atoms with Crippen LogP contribution in [0.15, 0.2) is 6.20 Å². The van der Waals surface area contributed by atoms with Gasteiger partial charge in [0.2, 0.25) is 0 Å². The molecule has 1 saturated heterocycles. The van der Waals surface area contributed by atoms with E-state index in [4.69, 9.17) is 4.74 Å². The van der Waals surface area contributed by atoms with Crippen LogP contribution >= 0.6 is 0 Å². The third kappa shape index (κ3) is 2.79. The van der Waals surface area contributed by atoms with Gasteiger partial charge in [-0.25, -0.2) is 9.48 Å². The lowest BCUT2D eigenvalue weighted by molar-refractivity contribution is 0.170. The molecule has 7 nitrogen and oxygen atoms in total. The molecule has 1 aliphatic heterocycles. The molecule has 0 bridgehead atoms. The van der Waals surface area contributed by atoms with E-state index in [-0.39, 0.29) is 6.03 Å². The zero-order valence-electron chi connectivity index (χ0n) is 10.8. The Morgan fingerprint density at radius 2 is 2.28 bits per heavy atom. The number of carbonyl (C=O) groups is 1. The molecule has 1 aromatic heterocycles. The van der Waals surface area contributed by atoms with E-state index in [1.54, 1.807) is 14.2 Å². The van der Waals surface area contributed by atoms with Gasteiger partial charge in [-0.05, 0) is 12.8 Å². The van der Waals surface area contributed by atoms with Crippen LogP contribution in [0.3, 0.4) is 0 Å². The highest BCUT2D eigenvalue weighted by molar-refractivity contribution is 5.73. The molecule has 2 heterocycles. The van der Waals surface area contributed by atoms with Crippen LogP contribution in [-0.2, 0) is 11.3 Å². The molecule has 0 saturated carbocycles. The van der Waals surface area contributed by atoms with Gasteiger partial charge in [0.05, 0.1) is 18.8 Å². The van der Waals surface area contributed by atoms with Gasteiger partial charge in [0.25, 0.3) is 0 Å². The number of amides is 2. The second-order valence-corrected chi connectivity index (χ2v) is 4.40. The number of hydrogen-bond acceptors (Lipinski definition) is 4. The Balaban J connectivity index is 1.90. The fourth-order valence-corrected chi connectivity index (χ4v) is 2.20. The molecule has 18 heavy (non-hydrogen) atoms. The van der Waals surface area contributed by atoms with Crippen molar-refractivity contribution in [1.29, 1.82) is 0 Å². The Bertz CT molecular complexity index is 398. The molecule has 2 rings (SSSR count). The maximum atomic E-state index is 11.5. The van der Waals surface area contributed by atoms with Crippen molar-refractivity contribution in [3.63, 3.8) is 0 Å². The Morgan fingerprint density at radius 3 is 2.89 bits per heavy atom. The molecule has 1 N–H and O–H groups in total. The number of hydrogen-bond donors (Lipinski definition) is 1. The van der Waals surface area contributed by atoms with E-state index in [9.17, 15) is 4.79 Å². The summed E-state index contributed by atoms with van der Waals surface area (Å²) in [4.78, 5) is 13.3. The number of rotatable bonds is 3. The largest absolute Gasteiger partial charge is 0.378 e. The summed E-state index contributed by atoms with van der Waals surface area (Å²) in [7, 11) is 3.30. The number of urea groups is 1. The van der Waals surface area contributed by atoms with E-state index in [2.05, 4.69) is 15.6 Å². The Morgan fingerprint density at radius 1 is 1.56 bits per heavy atom. The molecule has 1 fully saturated rings. The summed E-state index contributed by atoms with van der Waals surface area (Å²) in [5, 5.41) is 10.8. The standard InChI is InChI=1S/C11H19N5O2/c1-12-11(17)15-5-3-10(4-6-15)16-7-9(8-18-2)13-14-16/h7,10H,3-6,8H2,1-2H3,(H,12,17). The smallest absolute Gasteiger partial charge is 0.317 e. The number of likely N-dealkylation sites (tertiary alicyclic amines) is 1. The number of nitrogens with one attached hydrogen (secondary N) is 1. The van der Waals surface area contributed by atoms with E-state index in [1.807, 2.05) is 15.8 Å². The maximum Gasteiger partial charge on any atom is 0.317 e. The summed E-state index contributed by atoms with van der Waals surface area (Å²) in [6, 6.07) is 0.316. The third-order valence-corrected chi connectivity index (χ3v) is 3.19. The third-order valence-electron chi connectivity index (χ3n) is 3.19. The van der Waals surface area contributed by atoms with Crippen LogP contribution in [0.2, 0.25) is 0 Å². The summed E-state index contributed by atoms with van der Waals surface area (Å²) in [6.45, 7) is 1.99. The summed E-state index contributed by atoms with van der Waals surface area (Å²) < 4.78 is 6.90. The zero-order valence-corrected chi connectivity index (χ0v) is 10.8. The molecule has 0 aromatic carbocycles. The molecule has 1 aromatic rings. The maximum absolute atomic E-state index is 11.5. The molecule has 0 aliphatic carbocycles. The fourth-order valence-electron chi connectivity index (χ4n) is 2.20. The van der Waals surface area contributed by atoms with Crippen LogP contribution in [-0.4, -0.2) is 53.2 Å². The average molecular weight is 253 g/mol. The van der Waals surface area contributed by atoms with E-state index < -0.39 is 0 Å². The number of piperidine rings is 1. The van der Waals surface area contributed by atoms with Gasteiger partial charge in [-0.1, -0.05) is 5.21 Å². The number of nitrogens with zero attached hydrogens (tertiary/aromatic N) is 4. The van der Waals surface area contributed by atoms with Crippen molar-refractivity contribution in [1.82, 2.24) is 25.2 Å². The molecule has 0 atom stereocenters. The van der Waals surface area contributed by atoms with Crippen molar-refractivity contribution >= 4 is 6.03 Å². The molecule has 100 valence electrons. The quantitative estimate of drug-likeness (QED) is 0.846. The number of carbonyl (C=O) groups excluding carboxylic acids is 1. The van der Waals surface area contributed by atoms with Crippen LogP contribution in [0.4, 0.5) is 4.79 Å². The summed E-state index contributed by atoms with van der Waals surface area (Å²) >= 11 is 0. The molecule has 1 aliphatic rings. The van der Waals surface area contributed by atoms with Gasteiger partial charge in [-0.2, -0.15) is 0 Å². The molecule has 0 unspecified atom stereocenters. The van der Waals surface area contributed by atoms with Crippen LogP contribution < -0.4 is 5.32 Å². The predicted octanol–water partition coefficient (Wildman–Crippen LogP) is 0.401. The van der Waals surface area contributed by atoms with Gasteiger partial charge >= 0.3 is 6.03 Å². The summed E-state index contributed by atoms with van der Waals surface area (Å²) in [5.74, 6) is 0. The van der Waals surface area contributed by atoms with E-state index in [1.165, 1.54) is 0 Å². The lowest BCUT2D eigenvalue weighted by atomic mass is 10.1. The monoisotopic (exact) mass is 253 g/mol. The first-order valence-electron chi connectivity index (χ1n) is 6.11. The number of methoxy groups -OCH3 is 1. The molecule has 0 spiro atoms. The molecular formula is C11H19N5O2. The van der Waals surface area contributed by atoms with Crippen LogP contribution in [0.25, 0.3) is 0 Å². The van der Waals surface area contributed by atoms with Crippen LogP contribution in [0, 0.1) is 0 Å². The SMILES string of the molecule is CNC(=O)N1CCC(n2cc(COC)nn2)CC1. The fraction of sp³-hybridized carbons (Fsp3) is 0.727. The lowest BCUT2D eigenvalue weighted by Crippen LogP contribution is -2.43. The predicted molar refractivity (Wildman–Crippen MR) is 65.0 cm³/mol. The Labute approximate surface area is 106 Å². The van der Waals surface area contributed by atoms with E-state index in [0.29, 0.717) is 12.6 Å². The van der Waals surface area contributed by atoms with Gasteiger partial charge in [0.15, 0.2) is 0 Å². The average Bonchev–Trinajstić information content (AvgIpc) is 2.87. The second kappa shape index (κ2) is 5.81. The van der Waals surface area contributed by atoms with Crippen molar-refractivity contribution in [3.8, 4) is 0 Å². The van der Waals surface area contributed by atoms with Gasteiger partial charge < -0.3 is 15.0 Å². The lowest BCUT2D eigenvalue weighted by Gasteiger charge is -2.31. The Hall–Kier alpha value is -1.63. The van der Waals surface area contributed by atoms with E-state index >= 15 is 0 Å². The first kappa shape index (κ1) is 12.8. The normalized spacial score (nSPS) is 16.9. The topological polar surface area (TPSA) is 72.3 Å². The number of aromatic nitrogens is 3. The highest BCUT2D eigenvalue weighted by Crippen LogP contribution is 2.21. The van der Waals surface area contributed by atoms with Gasteiger partial charge in [-0.3, -0.25) is 0 Å². The van der Waals surface area contributed by atoms with Crippen molar-refractivity contribution in [2.45, 2.75) is 25.5 Å². The van der Waals surface area contributed by atoms with E-state index in [0.717, 1.165) is 31.6 Å². The van der Waals surface area contributed by atoms with Crippen LogP contribution in [0.5, 0.6) is 0 Å². The van der Waals surface area contributed by atoms with Gasteiger partial charge in [0.1, 0.15) is 5.69 Å². The molecular weight excluding hydrogens is 234 g/mol. The minimum Gasteiger partial charge on any atom is -0.378 e. The minimum atomic E-state index is -0.00730. The first-order chi connectivity index (χ1) is 8.74. The Kier molecular flexibility index (Phi) is 4.14. The first-order valence-corrected chi connectivity index (χ1v) is 6.11. The van der Waals surface area contributed by atoms with Gasteiger partial charge in [-0.15, -0.1) is 5.10 Å². The number of ether oxygens (including phenoxy) is 1. The molecule has 7 heteroatoms.